The molecule has 1 aliphatic heterocycles. The number of fused-ring (bicyclic) bond motifs is 1. The fourth-order valence-corrected chi connectivity index (χ4v) is 1.39. The van der Waals surface area contributed by atoms with Crippen LogP contribution in [0.1, 0.15) is 5.56 Å². The van der Waals surface area contributed by atoms with Crippen LogP contribution in [0.2, 0.25) is 0 Å². The molecule has 0 atom stereocenters. The molecule has 2 rings (SSSR count). The molecule has 2 N–H and O–H groups in total. The second-order valence-corrected chi connectivity index (χ2v) is 3.45. The van der Waals surface area contributed by atoms with Crippen LogP contribution in [0.25, 0.3) is 0 Å². The average Bonchev–Trinajstić information content (AvgIpc) is 2.17. The number of anilines is 1. The number of rotatable bonds is 1. The third kappa shape index (κ3) is 1.85. The third-order valence-electron chi connectivity index (χ3n) is 2.01. The van der Waals surface area contributed by atoms with Crippen LogP contribution in [0.4, 0.5) is 5.69 Å². The Labute approximate surface area is 83.6 Å². The maximum absolute atomic E-state index is 4.36. The SMILES string of the molecule is CN(C)NC1=NCc2ccccc2N1. The molecule has 1 aliphatic rings. The summed E-state index contributed by atoms with van der Waals surface area (Å²) in [7, 11) is 3.87. The zero-order chi connectivity index (χ0) is 9.97. The summed E-state index contributed by atoms with van der Waals surface area (Å²) in [5, 5.41) is 5.09. The molecule has 0 unspecified atom stereocenters. The summed E-state index contributed by atoms with van der Waals surface area (Å²) in [6.07, 6.45) is 0. The summed E-state index contributed by atoms with van der Waals surface area (Å²) in [5.41, 5.74) is 5.46. The van der Waals surface area contributed by atoms with Crippen LogP contribution in [-0.4, -0.2) is 25.1 Å². The summed E-state index contributed by atoms with van der Waals surface area (Å²) in [6.45, 7) is 0.735. The number of hydrogen-bond donors (Lipinski definition) is 2. The number of nitrogens with one attached hydrogen (secondary N) is 2. The van der Waals surface area contributed by atoms with E-state index in [0.717, 1.165) is 18.2 Å². The predicted molar refractivity (Wildman–Crippen MR) is 58.0 cm³/mol. The maximum Gasteiger partial charge on any atom is 0.210 e. The van der Waals surface area contributed by atoms with Gasteiger partial charge in [0.15, 0.2) is 0 Å². The Kier molecular flexibility index (Phi) is 2.37. The highest BCUT2D eigenvalue weighted by atomic mass is 15.5. The summed E-state index contributed by atoms with van der Waals surface area (Å²) in [5.74, 6) is 0.800. The highest BCUT2D eigenvalue weighted by Crippen LogP contribution is 2.18. The van der Waals surface area contributed by atoms with E-state index in [9.17, 15) is 0 Å². The molecule has 0 saturated heterocycles. The number of benzene rings is 1. The predicted octanol–water partition coefficient (Wildman–Crippen LogP) is 1.03. The number of guanidine groups is 1. The summed E-state index contributed by atoms with van der Waals surface area (Å²) in [6, 6.07) is 8.18. The Morgan fingerprint density at radius 3 is 2.93 bits per heavy atom. The van der Waals surface area contributed by atoms with Crippen molar-refractivity contribution in [2.24, 2.45) is 4.99 Å². The summed E-state index contributed by atoms with van der Waals surface area (Å²) >= 11 is 0. The molecule has 1 aromatic carbocycles. The molecule has 0 bridgehead atoms. The molecule has 0 radical (unpaired) electrons. The van der Waals surface area contributed by atoms with Crippen molar-refractivity contribution >= 4 is 11.6 Å². The fraction of sp³-hybridized carbons (Fsp3) is 0.300. The van der Waals surface area contributed by atoms with E-state index in [1.165, 1.54) is 5.56 Å². The van der Waals surface area contributed by atoms with E-state index in [0.29, 0.717) is 0 Å². The van der Waals surface area contributed by atoms with Crippen molar-refractivity contribution in [1.82, 2.24) is 10.4 Å². The summed E-state index contributed by atoms with van der Waals surface area (Å²) < 4.78 is 0. The monoisotopic (exact) mass is 190 g/mol. The first-order valence-electron chi connectivity index (χ1n) is 4.59. The van der Waals surface area contributed by atoms with E-state index >= 15 is 0 Å². The van der Waals surface area contributed by atoms with Crippen molar-refractivity contribution in [3.8, 4) is 0 Å². The number of aliphatic imine (C=N–C) groups is 1. The molecule has 0 amide bonds. The molecule has 4 nitrogen and oxygen atoms in total. The Morgan fingerprint density at radius 1 is 1.36 bits per heavy atom. The molecular formula is C10H14N4. The number of hydrazine groups is 1. The lowest BCUT2D eigenvalue weighted by molar-refractivity contribution is 0.361. The Balaban J connectivity index is 2.13. The Morgan fingerprint density at radius 2 is 2.14 bits per heavy atom. The minimum absolute atomic E-state index is 0.735. The first-order chi connectivity index (χ1) is 6.75. The molecule has 0 saturated carbocycles. The smallest absolute Gasteiger partial charge is 0.210 e. The number of hydrogen-bond acceptors (Lipinski definition) is 4. The Bertz CT molecular complexity index is 357. The van der Waals surface area contributed by atoms with E-state index in [4.69, 9.17) is 0 Å². The number of para-hydroxylation sites is 1. The minimum Gasteiger partial charge on any atom is -0.325 e. The van der Waals surface area contributed by atoms with Crippen LogP contribution in [0, 0.1) is 0 Å². The summed E-state index contributed by atoms with van der Waals surface area (Å²) in [4.78, 5) is 4.36. The fourth-order valence-electron chi connectivity index (χ4n) is 1.39. The van der Waals surface area contributed by atoms with Gasteiger partial charge in [-0.3, -0.25) is 5.43 Å². The van der Waals surface area contributed by atoms with Gasteiger partial charge in [0, 0.05) is 19.8 Å². The van der Waals surface area contributed by atoms with Gasteiger partial charge in [0.05, 0.1) is 6.54 Å². The lowest BCUT2D eigenvalue weighted by Crippen LogP contribution is -2.41. The first-order valence-corrected chi connectivity index (χ1v) is 4.59. The maximum atomic E-state index is 4.36. The largest absolute Gasteiger partial charge is 0.325 e. The van der Waals surface area contributed by atoms with Gasteiger partial charge in [0.25, 0.3) is 0 Å². The van der Waals surface area contributed by atoms with Gasteiger partial charge in [-0.2, -0.15) is 0 Å². The van der Waals surface area contributed by atoms with Gasteiger partial charge < -0.3 is 5.32 Å². The topological polar surface area (TPSA) is 39.7 Å². The van der Waals surface area contributed by atoms with Gasteiger partial charge >= 0.3 is 0 Å². The molecule has 0 aromatic heterocycles. The first kappa shape index (κ1) is 9.02. The zero-order valence-corrected chi connectivity index (χ0v) is 8.41. The normalized spacial score (nSPS) is 14.4. The molecule has 0 fully saturated rings. The molecule has 14 heavy (non-hydrogen) atoms. The minimum atomic E-state index is 0.735. The zero-order valence-electron chi connectivity index (χ0n) is 8.41. The second kappa shape index (κ2) is 3.67. The van der Waals surface area contributed by atoms with Gasteiger partial charge in [0.2, 0.25) is 5.96 Å². The van der Waals surface area contributed by atoms with Crippen molar-refractivity contribution in [3.63, 3.8) is 0 Å². The van der Waals surface area contributed by atoms with Crippen molar-refractivity contribution < 1.29 is 0 Å². The second-order valence-electron chi connectivity index (χ2n) is 3.45. The molecule has 0 spiro atoms. The highest BCUT2D eigenvalue weighted by molar-refractivity contribution is 5.95. The van der Waals surface area contributed by atoms with Crippen LogP contribution in [0.3, 0.4) is 0 Å². The van der Waals surface area contributed by atoms with Crippen LogP contribution >= 0.6 is 0 Å². The lowest BCUT2D eigenvalue weighted by Gasteiger charge is -2.21. The van der Waals surface area contributed by atoms with E-state index < -0.39 is 0 Å². The highest BCUT2D eigenvalue weighted by Gasteiger charge is 2.09. The lowest BCUT2D eigenvalue weighted by atomic mass is 10.1. The van der Waals surface area contributed by atoms with Gasteiger partial charge in [-0.15, -0.1) is 0 Å². The van der Waals surface area contributed by atoms with Crippen molar-refractivity contribution in [2.45, 2.75) is 6.54 Å². The Hall–Kier alpha value is -1.55. The molecular weight excluding hydrogens is 176 g/mol. The van der Waals surface area contributed by atoms with Gasteiger partial charge in [-0.05, 0) is 11.6 Å². The van der Waals surface area contributed by atoms with E-state index in [2.05, 4.69) is 27.9 Å². The molecule has 0 aliphatic carbocycles. The number of nitrogens with zero attached hydrogens (tertiary/aromatic N) is 2. The third-order valence-corrected chi connectivity index (χ3v) is 2.01. The quantitative estimate of drug-likeness (QED) is 0.650. The van der Waals surface area contributed by atoms with Gasteiger partial charge in [0.1, 0.15) is 0 Å². The average molecular weight is 190 g/mol. The molecule has 1 aromatic rings. The molecule has 1 heterocycles. The molecule has 74 valence electrons. The van der Waals surface area contributed by atoms with Crippen molar-refractivity contribution in [2.75, 3.05) is 19.4 Å². The van der Waals surface area contributed by atoms with Crippen molar-refractivity contribution in [3.05, 3.63) is 29.8 Å². The van der Waals surface area contributed by atoms with Crippen molar-refractivity contribution in [1.29, 1.82) is 0 Å². The van der Waals surface area contributed by atoms with Crippen LogP contribution in [-0.2, 0) is 6.54 Å². The standard InChI is InChI=1S/C10H14N4/c1-14(2)13-10-11-7-8-5-3-4-6-9(8)12-10/h3-6H,7H2,1-2H3,(H2,11,12,13). The van der Waals surface area contributed by atoms with E-state index in [1.807, 2.05) is 31.2 Å². The van der Waals surface area contributed by atoms with Gasteiger partial charge in [-0.1, -0.05) is 18.2 Å². The van der Waals surface area contributed by atoms with Crippen LogP contribution in [0.5, 0.6) is 0 Å². The van der Waals surface area contributed by atoms with Crippen LogP contribution < -0.4 is 10.7 Å². The van der Waals surface area contributed by atoms with Crippen LogP contribution in [0.15, 0.2) is 29.3 Å². The van der Waals surface area contributed by atoms with E-state index in [-0.39, 0.29) is 0 Å². The molecule has 4 heteroatoms. The van der Waals surface area contributed by atoms with Gasteiger partial charge in [-0.25, -0.2) is 10.0 Å². The van der Waals surface area contributed by atoms with E-state index in [1.54, 1.807) is 0 Å².